The van der Waals surface area contributed by atoms with Crippen LogP contribution in [-0.2, 0) is 10.0 Å². The number of sulfonamides is 1. The summed E-state index contributed by atoms with van der Waals surface area (Å²) in [6.45, 7) is 0. The van der Waals surface area contributed by atoms with E-state index in [0.717, 1.165) is 35.5 Å². The first kappa shape index (κ1) is 36.7. The van der Waals surface area contributed by atoms with Gasteiger partial charge in [-0.15, -0.1) is 0 Å². The number of hydrogen-bond acceptors (Lipinski definition) is 10. The van der Waals surface area contributed by atoms with Gasteiger partial charge in [0.2, 0.25) is 10.0 Å². The Morgan fingerprint density at radius 2 is 1.68 bits per heavy atom. The van der Waals surface area contributed by atoms with E-state index in [1.165, 1.54) is 13.1 Å². The van der Waals surface area contributed by atoms with E-state index in [9.17, 15) is 27.7 Å². The average molecular weight is 771 g/mol. The van der Waals surface area contributed by atoms with E-state index in [0.29, 0.717) is 32.9 Å². The van der Waals surface area contributed by atoms with E-state index in [4.69, 9.17) is 29.8 Å². The number of benzene rings is 3. The molecule has 5 rings (SSSR count). The van der Waals surface area contributed by atoms with Crippen molar-refractivity contribution in [3.05, 3.63) is 76.6 Å². The van der Waals surface area contributed by atoms with Crippen molar-refractivity contribution >= 4 is 62.5 Å². The zero-order chi connectivity index (χ0) is 31.9. The van der Waals surface area contributed by atoms with Gasteiger partial charge in [0.1, 0.15) is 37.3 Å². The third-order valence-corrected chi connectivity index (χ3v) is 7.78. The summed E-state index contributed by atoms with van der Waals surface area (Å²) in [4.78, 5) is 13.0. The number of nitrogens with zero attached hydrogens (tertiary/aromatic N) is 1. The third-order valence-electron chi connectivity index (χ3n) is 6.46. The van der Waals surface area contributed by atoms with E-state index in [1.54, 1.807) is 36.4 Å². The van der Waals surface area contributed by atoms with Gasteiger partial charge in [-0.25, -0.2) is 17.1 Å². The fourth-order valence-electron chi connectivity index (χ4n) is 4.56. The SMILES string of the molecule is CNC(=O)c1c(-c2ccc(Cl)cc2)oc2cc(N(c3ccc(B(O)O)c(F)c3)S(C)(=O)=O)c(C3CC3)cc12.[Na+].[O-][I+3]([O-])([O-])[O-]. The molecule has 0 saturated heterocycles. The van der Waals surface area contributed by atoms with E-state index >= 15 is 0 Å². The molecule has 0 bridgehead atoms. The molecule has 1 aliphatic rings. The van der Waals surface area contributed by atoms with E-state index < -0.39 is 43.1 Å². The fourth-order valence-corrected chi connectivity index (χ4v) is 5.70. The third kappa shape index (κ3) is 8.71. The molecule has 0 atom stereocenters. The molecule has 0 radical (unpaired) electrons. The number of halogens is 3. The number of carbonyl (C=O) groups is 1. The first-order valence-electron chi connectivity index (χ1n) is 12.4. The van der Waals surface area contributed by atoms with Crippen LogP contribution in [0.3, 0.4) is 0 Å². The molecule has 44 heavy (non-hydrogen) atoms. The second-order valence-corrected chi connectivity index (χ2v) is 14.0. The molecule has 0 spiro atoms. The molecule has 228 valence electrons. The average Bonchev–Trinajstić information content (AvgIpc) is 3.67. The molecule has 18 heteroatoms. The van der Waals surface area contributed by atoms with Gasteiger partial charge in [-0.1, -0.05) is 17.7 Å². The van der Waals surface area contributed by atoms with Crippen molar-refractivity contribution in [2.75, 3.05) is 17.6 Å². The number of nitrogens with one attached hydrogen (secondary N) is 1. The van der Waals surface area contributed by atoms with Gasteiger partial charge in [0.05, 0.1) is 23.2 Å². The molecular formula is C26H23BClFIN2NaO10S. The molecule has 12 nitrogen and oxygen atoms in total. The smallest absolute Gasteiger partial charge is 0.455 e. The Bertz CT molecular complexity index is 1780. The van der Waals surface area contributed by atoms with Gasteiger partial charge in [-0.2, -0.15) is 0 Å². The summed E-state index contributed by atoms with van der Waals surface area (Å²) < 4.78 is 82.4. The molecule has 1 saturated carbocycles. The van der Waals surface area contributed by atoms with Gasteiger partial charge in [-0.3, -0.25) is 18.5 Å². The van der Waals surface area contributed by atoms with Crippen molar-refractivity contribution in [3.8, 4) is 11.3 Å². The summed E-state index contributed by atoms with van der Waals surface area (Å²) >= 11 is 0.0979. The predicted octanol–water partition coefficient (Wildman–Crippen LogP) is -6.84. The maximum absolute atomic E-state index is 14.7. The molecule has 1 fully saturated rings. The maximum Gasteiger partial charge on any atom is 1.00 e. The Morgan fingerprint density at radius 1 is 1.09 bits per heavy atom. The minimum absolute atomic E-state index is 0. The summed E-state index contributed by atoms with van der Waals surface area (Å²) in [5, 5.41) is 22.4. The molecule has 1 aromatic heterocycles. The van der Waals surface area contributed by atoms with Crippen molar-refractivity contribution in [1.82, 2.24) is 5.32 Å². The van der Waals surface area contributed by atoms with Gasteiger partial charge in [0.15, 0.2) is 0 Å². The molecule has 1 amide bonds. The van der Waals surface area contributed by atoms with E-state index in [2.05, 4.69) is 5.32 Å². The Balaban J connectivity index is 0.000000817. The van der Waals surface area contributed by atoms with Crippen molar-refractivity contribution in [2.45, 2.75) is 18.8 Å². The van der Waals surface area contributed by atoms with Crippen LogP contribution in [0.2, 0.25) is 5.02 Å². The van der Waals surface area contributed by atoms with Gasteiger partial charge in [0, 0.05) is 34.5 Å². The van der Waals surface area contributed by atoms with Gasteiger partial charge >= 0.3 is 36.7 Å². The van der Waals surface area contributed by atoms with Crippen molar-refractivity contribution in [2.24, 2.45) is 0 Å². The number of fused-ring (bicyclic) bond motifs is 1. The minimum atomic E-state index is -5.94. The fraction of sp³-hybridized carbons (Fsp3) is 0.192. The first-order chi connectivity index (χ1) is 20.0. The summed E-state index contributed by atoms with van der Waals surface area (Å²) in [5.41, 5.74) is 1.71. The van der Waals surface area contributed by atoms with Crippen LogP contribution in [-0.4, -0.2) is 44.8 Å². The zero-order valence-electron chi connectivity index (χ0n) is 23.4. The first-order valence-corrected chi connectivity index (χ1v) is 18.1. The van der Waals surface area contributed by atoms with Crippen molar-refractivity contribution in [1.29, 1.82) is 0 Å². The van der Waals surface area contributed by atoms with Crippen LogP contribution in [0.4, 0.5) is 15.8 Å². The monoisotopic (exact) mass is 770 g/mol. The number of carbonyl (C=O) groups excluding carboxylic acids is 1. The van der Waals surface area contributed by atoms with Gasteiger partial charge in [-0.05, 0) is 66.8 Å². The van der Waals surface area contributed by atoms with Crippen LogP contribution >= 0.6 is 11.6 Å². The molecule has 3 aromatic carbocycles. The zero-order valence-corrected chi connectivity index (χ0v) is 29.1. The van der Waals surface area contributed by atoms with Crippen molar-refractivity contribution < 1.29 is 95.5 Å². The normalized spacial score (nSPS) is 13.0. The number of hydrogen-bond donors (Lipinski definition) is 3. The Labute approximate surface area is 285 Å². The van der Waals surface area contributed by atoms with Crippen LogP contribution < -0.4 is 78.5 Å². The molecule has 0 aliphatic heterocycles. The second kappa shape index (κ2) is 14.3. The van der Waals surface area contributed by atoms with Crippen LogP contribution in [0.25, 0.3) is 22.3 Å². The van der Waals surface area contributed by atoms with Crippen LogP contribution in [0.5, 0.6) is 0 Å². The van der Waals surface area contributed by atoms with Crippen LogP contribution in [0.15, 0.2) is 59.0 Å². The number of furan rings is 1. The summed E-state index contributed by atoms with van der Waals surface area (Å²) in [6.07, 6.45) is 2.63. The standard InChI is InChI=1S/C26H23BClFN2O6S.IO4.Na/c1-30-26(32)24-19-12-18(14-3-4-14)22(13-23(19)37-25(24)15-5-7-16(28)8-6-15)31(38(2,35)36)17-9-10-20(27(33)34)21(29)11-17;2-1(3,4)5;/h5-14,33-34H,3-4H2,1-2H3,(H,30,32);;/q;-1;+1. The molecular weight excluding hydrogens is 748 g/mol. The van der Waals surface area contributed by atoms with E-state index in [-0.39, 0.29) is 63.8 Å². The Kier molecular flexibility index (Phi) is 11.9. The molecule has 4 aromatic rings. The molecule has 1 heterocycles. The molecule has 0 unspecified atom stereocenters. The number of rotatable bonds is 7. The number of anilines is 2. The summed E-state index contributed by atoms with van der Waals surface area (Å²) in [7, 11) is -4.53. The molecule has 3 N–H and O–H groups in total. The minimum Gasteiger partial charge on any atom is -0.455 e. The molecule has 1 aliphatic carbocycles. The largest absolute Gasteiger partial charge is 1.00 e. The van der Waals surface area contributed by atoms with Gasteiger partial charge in [0.25, 0.3) is 5.91 Å². The predicted molar refractivity (Wildman–Crippen MR) is 145 cm³/mol. The quantitative estimate of drug-likeness (QED) is 0.119. The van der Waals surface area contributed by atoms with Crippen molar-refractivity contribution in [3.63, 3.8) is 0 Å². The van der Waals surface area contributed by atoms with E-state index in [1.807, 2.05) is 0 Å². The number of amides is 1. The van der Waals surface area contributed by atoms with Gasteiger partial charge < -0.3 is 19.8 Å². The maximum atomic E-state index is 14.7. The van der Waals surface area contributed by atoms with Crippen LogP contribution in [0, 0.1) is 5.82 Å². The second-order valence-electron chi connectivity index (χ2n) is 9.56. The topological polar surface area (TPSA) is 212 Å². The summed E-state index contributed by atoms with van der Waals surface area (Å²) in [5.74, 6) is -1.00. The van der Waals surface area contributed by atoms with Crippen LogP contribution in [0.1, 0.15) is 34.7 Å². The Hall–Kier alpha value is -1.81. The summed E-state index contributed by atoms with van der Waals surface area (Å²) in [6, 6.07) is 13.5. The Morgan fingerprint density at radius 3 is 2.16 bits per heavy atom.